The van der Waals surface area contributed by atoms with E-state index in [-0.39, 0.29) is 28.6 Å². The van der Waals surface area contributed by atoms with Gasteiger partial charge in [0.15, 0.2) is 0 Å². The number of aromatic nitrogens is 2. The van der Waals surface area contributed by atoms with Gasteiger partial charge in [-0.2, -0.15) is 0 Å². The highest BCUT2D eigenvalue weighted by Crippen LogP contribution is 2.26. The van der Waals surface area contributed by atoms with Crippen LogP contribution in [-0.2, 0) is 23.6 Å². The van der Waals surface area contributed by atoms with Crippen LogP contribution < -0.4 is 14.8 Å². The van der Waals surface area contributed by atoms with Crippen molar-refractivity contribution in [2.75, 3.05) is 16.3 Å². The van der Waals surface area contributed by atoms with Crippen molar-refractivity contribution in [3.05, 3.63) is 141 Å². The van der Waals surface area contributed by atoms with Gasteiger partial charge in [-0.15, -0.1) is 0 Å². The number of rotatable bonds is 8. The van der Waals surface area contributed by atoms with Crippen LogP contribution in [0, 0.1) is 6.92 Å². The average Bonchev–Trinajstić information content (AvgIpc) is 3.23. The van der Waals surface area contributed by atoms with Crippen LogP contribution in [0.25, 0.3) is 5.69 Å². The molecule has 42 heavy (non-hydrogen) atoms. The number of hydrogen-bond acceptors (Lipinski definition) is 4. The third kappa shape index (κ3) is 5.48. The molecule has 0 aliphatic heterocycles. The smallest absolute Gasteiger partial charge is 0.296 e. The molecule has 1 amide bonds. The van der Waals surface area contributed by atoms with E-state index < -0.39 is 15.6 Å². The van der Waals surface area contributed by atoms with Crippen LogP contribution in [0.4, 0.5) is 11.4 Å². The van der Waals surface area contributed by atoms with Crippen molar-refractivity contribution in [1.82, 2.24) is 9.36 Å². The summed E-state index contributed by atoms with van der Waals surface area (Å²) in [7, 11) is -1.16. The van der Waals surface area contributed by atoms with E-state index in [0.29, 0.717) is 22.1 Å². The molecule has 0 bridgehead atoms. The molecule has 0 atom stereocenters. The molecule has 5 aromatic rings. The van der Waals surface area contributed by atoms with Gasteiger partial charge in [-0.1, -0.05) is 66.2 Å². The van der Waals surface area contributed by atoms with E-state index in [1.807, 2.05) is 48.5 Å². The van der Waals surface area contributed by atoms with E-state index in [0.717, 1.165) is 9.87 Å². The van der Waals surface area contributed by atoms with Crippen LogP contribution in [-0.4, -0.2) is 30.7 Å². The van der Waals surface area contributed by atoms with E-state index >= 15 is 0 Å². The van der Waals surface area contributed by atoms with Gasteiger partial charge in [-0.25, -0.2) is 13.1 Å². The summed E-state index contributed by atoms with van der Waals surface area (Å²) in [5, 5.41) is 0.586. The zero-order valence-electron chi connectivity index (χ0n) is 23.3. The van der Waals surface area contributed by atoms with E-state index in [1.54, 1.807) is 66.0 Å². The van der Waals surface area contributed by atoms with E-state index in [9.17, 15) is 18.0 Å². The molecule has 0 aliphatic rings. The molecule has 0 aliphatic carbocycles. The molecule has 0 fully saturated rings. The Morgan fingerprint density at radius 3 is 2.12 bits per heavy atom. The lowest BCUT2D eigenvalue weighted by Gasteiger charge is -2.24. The number of para-hydroxylation sites is 2. The fraction of sp³-hybridized carbons (Fsp3) is 0.125. The third-order valence-corrected chi connectivity index (χ3v) is 9.15. The Hall–Kier alpha value is -4.60. The van der Waals surface area contributed by atoms with Gasteiger partial charge in [-0.3, -0.25) is 18.6 Å². The number of carbonyl (C=O) groups is 1. The quantitative estimate of drug-likeness (QED) is 0.225. The molecule has 1 aromatic heterocycles. The summed E-state index contributed by atoms with van der Waals surface area (Å²) in [4.78, 5) is 28.9. The van der Waals surface area contributed by atoms with Gasteiger partial charge < -0.3 is 4.90 Å². The first-order chi connectivity index (χ1) is 20.1. The lowest BCUT2D eigenvalue weighted by atomic mass is 10.1. The summed E-state index contributed by atoms with van der Waals surface area (Å²) >= 11 is 6.05. The van der Waals surface area contributed by atoms with Crippen molar-refractivity contribution < 1.29 is 13.2 Å². The third-order valence-electron chi connectivity index (χ3n) is 7.15. The van der Waals surface area contributed by atoms with Gasteiger partial charge in [0, 0.05) is 30.4 Å². The second-order valence-corrected chi connectivity index (χ2v) is 12.2. The molecule has 214 valence electrons. The predicted octanol–water partition coefficient (Wildman–Crippen LogP) is 5.81. The molecule has 0 saturated carbocycles. The molecule has 5 rings (SSSR count). The lowest BCUT2D eigenvalue weighted by molar-refractivity contribution is 0.0985. The summed E-state index contributed by atoms with van der Waals surface area (Å²) in [5.41, 5.74) is 2.33. The molecular formula is C32H29ClN4O4S. The highest BCUT2D eigenvalue weighted by Gasteiger charge is 2.30. The monoisotopic (exact) mass is 600 g/mol. The van der Waals surface area contributed by atoms with Crippen LogP contribution in [0.5, 0.6) is 0 Å². The van der Waals surface area contributed by atoms with Crippen molar-refractivity contribution in [2.45, 2.75) is 18.4 Å². The van der Waals surface area contributed by atoms with Gasteiger partial charge in [0.2, 0.25) is 0 Å². The fourth-order valence-electron chi connectivity index (χ4n) is 4.80. The molecule has 0 N–H and O–H groups in total. The normalized spacial score (nSPS) is 11.3. The number of hydrogen-bond donors (Lipinski definition) is 0. The number of anilines is 2. The maximum absolute atomic E-state index is 13.9. The van der Waals surface area contributed by atoms with Crippen LogP contribution in [0.1, 0.15) is 21.6 Å². The number of amides is 1. The van der Waals surface area contributed by atoms with E-state index in [1.165, 1.54) is 29.9 Å². The number of sulfonamides is 1. The second kappa shape index (κ2) is 11.7. The Balaban J connectivity index is 1.51. The molecule has 0 saturated heterocycles. The Morgan fingerprint density at radius 1 is 0.857 bits per heavy atom. The zero-order valence-corrected chi connectivity index (χ0v) is 24.9. The number of benzene rings is 4. The fourth-order valence-corrected chi connectivity index (χ4v) is 6.22. The van der Waals surface area contributed by atoms with Crippen LogP contribution >= 0.6 is 11.6 Å². The summed E-state index contributed by atoms with van der Waals surface area (Å²) in [6, 6.07) is 31.2. The standard InChI is InChI=1S/C32H29ClN4O4S/c1-23-30(32(39)37(34(23)2)28-14-8-5-9-15-28)35(3)42(40,41)29-16-10-11-25(21-29)31(38)36(27-12-6-4-7-13-27)22-24-17-19-26(33)20-18-24/h4-21H,22H2,1-3H3. The first kappa shape index (κ1) is 28.9. The highest BCUT2D eigenvalue weighted by atomic mass is 35.5. The summed E-state index contributed by atoms with van der Waals surface area (Å²) < 4.78 is 31.7. The zero-order chi connectivity index (χ0) is 30.0. The first-order valence-electron chi connectivity index (χ1n) is 13.1. The summed E-state index contributed by atoms with van der Waals surface area (Å²) in [6.45, 7) is 1.94. The topological polar surface area (TPSA) is 84.6 Å². The molecule has 4 aromatic carbocycles. The molecule has 1 heterocycles. The second-order valence-electron chi connectivity index (χ2n) is 9.76. The van der Waals surface area contributed by atoms with Crippen molar-refractivity contribution in [3.8, 4) is 5.69 Å². The van der Waals surface area contributed by atoms with Crippen LogP contribution in [0.3, 0.4) is 0 Å². The molecule has 0 spiro atoms. The molecule has 8 nitrogen and oxygen atoms in total. The summed E-state index contributed by atoms with van der Waals surface area (Å²) in [5.74, 6) is -0.377. The largest absolute Gasteiger partial charge is 0.304 e. The SMILES string of the molecule is Cc1c(N(C)S(=O)(=O)c2cccc(C(=O)N(Cc3ccc(Cl)cc3)c3ccccc3)c2)c(=O)n(-c2ccccc2)n1C. The Labute approximate surface area is 249 Å². The van der Waals surface area contributed by atoms with Crippen LogP contribution in [0.2, 0.25) is 5.02 Å². The maximum atomic E-state index is 13.9. The van der Waals surface area contributed by atoms with E-state index in [4.69, 9.17) is 11.6 Å². The van der Waals surface area contributed by atoms with Crippen molar-refractivity contribution in [1.29, 1.82) is 0 Å². The van der Waals surface area contributed by atoms with Crippen LogP contribution in [0.15, 0.2) is 119 Å². The lowest BCUT2D eigenvalue weighted by Crippen LogP contribution is -2.33. The number of halogens is 1. The minimum Gasteiger partial charge on any atom is -0.304 e. The van der Waals surface area contributed by atoms with Gasteiger partial charge in [-0.05, 0) is 67.1 Å². The van der Waals surface area contributed by atoms with Gasteiger partial charge in [0.05, 0.1) is 22.8 Å². The van der Waals surface area contributed by atoms with Gasteiger partial charge in [0.1, 0.15) is 5.69 Å². The first-order valence-corrected chi connectivity index (χ1v) is 15.0. The minimum atomic E-state index is -4.21. The predicted molar refractivity (Wildman–Crippen MR) is 166 cm³/mol. The average molecular weight is 601 g/mol. The Morgan fingerprint density at radius 2 is 1.48 bits per heavy atom. The van der Waals surface area contributed by atoms with Gasteiger partial charge in [0.25, 0.3) is 21.5 Å². The highest BCUT2D eigenvalue weighted by molar-refractivity contribution is 7.92. The number of nitrogens with zero attached hydrogens (tertiary/aromatic N) is 4. The van der Waals surface area contributed by atoms with Crippen molar-refractivity contribution in [3.63, 3.8) is 0 Å². The Bertz CT molecular complexity index is 1900. The minimum absolute atomic E-state index is 0.0201. The van der Waals surface area contributed by atoms with E-state index in [2.05, 4.69) is 0 Å². The maximum Gasteiger partial charge on any atom is 0.296 e. The van der Waals surface area contributed by atoms with Gasteiger partial charge >= 0.3 is 0 Å². The molecule has 10 heteroatoms. The summed E-state index contributed by atoms with van der Waals surface area (Å²) in [6.07, 6.45) is 0. The van der Waals surface area contributed by atoms with Crippen molar-refractivity contribution >= 4 is 38.9 Å². The molecule has 0 radical (unpaired) electrons. The number of carbonyl (C=O) groups excluding carboxylic acids is 1. The molecular weight excluding hydrogens is 572 g/mol. The Kier molecular flexibility index (Phi) is 8.06. The van der Waals surface area contributed by atoms with Crippen molar-refractivity contribution in [2.24, 2.45) is 7.05 Å². The molecule has 0 unspecified atom stereocenters.